The highest BCUT2D eigenvalue weighted by atomic mass is 35.5. The zero-order valence-electron chi connectivity index (χ0n) is 13.1. The number of piperidine rings is 1. The summed E-state index contributed by atoms with van der Waals surface area (Å²) < 4.78 is 18.5. The van der Waals surface area contributed by atoms with Gasteiger partial charge in [-0.05, 0) is 30.5 Å². The van der Waals surface area contributed by atoms with Crippen molar-refractivity contribution in [2.24, 2.45) is 5.73 Å². The molecule has 0 saturated carbocycles. The van der Waals surface area contributed by atoms with Crippen LogP contribution in [-0.4, -0.2) is 24.1 Å². The third-order valence-electron chi connectivity index (χ3n) is 3.87. The van der Waals surface area contributed by atoms with E-state index in [9.17, 15) is 4.39 Å². The number of halogens is 3. The molecule has 3 rings (SSSR count). The molecule has 0 aliphatic carbocycles. The molecule has 1 unspecified atom stereocenters. The van der Waals surface area contributed by atoms with Crippen molar-refractivity contribution in [1.82, 2.24) is 4.98 Å². The first-order valence-electron chi connectivity index (χ1n) is 7.65. The monoisotopic (exact) mass is 371 g/mol. The van der Waals surface area contributed by atoms with Gasteiger partial charge in [0, 0.05) is 25.2 Å². The zero-order chi connectivity index (χ0) is 16.2. The van der Waals surface area contributed by atoms with Crippen LogP contribution in [0, 0.1) is 5.82 Å². The molecule has 1 aromatic heterocycles. The van der Waals surface area contributed by atoms with Crippen LogP contribution in [0.25, 0.3) is 0 Å². The Hall–Kier alpha value is -1.56. The Morgan fingerprint density at radius 3 is 2.75 bits per heavy atom. The van der Waals surface area contributed by atoms with Crippen molar-refractivity contribution >= 4 is 29.8 Å². The summed E-state index contributed by atoms with van der Waals surface area (Å²) in [6.45, 7) is 2.02. The summed E-state index contributed by atoms with van der Waals surface area (Å²) in [5.41, 5.74) is 6.88. The van der Waals surface area contributed by atoms with Gasteiger partial charge in [-0.3, -0.25) is 0 Å². The summed E-state index contributed by atoms with van der Waals surface area (Å²) in [6, 6.07) is 8.12. The fraction of sp³-hybridized carbons (Fsp3) is 0.353. The van der Waals surface area contributed by atoms with Gasteiger partial charge in [0.2, 0.25) is 0 Å². The Morgan fingerprint density at radius 2 is 2.08 bits per heavy atom. The topological polar surface area (TPSA) is 51.4 Å². The lowest BCUT2D eigenvalue weighted by molar-refractivity contribution is 0.305. The highest BCUT2D eigenvalue weighted by Gasteiger charge is 2.20. The van der Waals surface area contributed by atoms with Gasteiger partial charge >= 0.3 is 0 Å². The quantitative estimate of drug-likeness (QED) is 0.887. The summed E-state index contributed by atoms with van der Waals surface area (Å²) in [6.07, 6.45) is 3.74. The van der Waals surface area contributed by atoms with Gasteiger partial charge < -0.3 is 15.4 Å². The van der Waals surface area contributed by atoms with Crippen LogP contribution < -0.4 is 15.4 Å². The van der Waals surface area contributed by atoms with Crippen LogP contribution in [-0.2, 0) is 6.61 Å². The number of rotatable bonds is 4. The molecular formula is C17H20Cl2FN3O. The number of pyridine rings is 1. The van der Waals surface area contributed by atoms with Crippen molar-refractivity contribution in [3.8, 4) is 5.75 Å². The molecule has 2 aromatic rings. The number of hydrogen-bond donors (Lipinski definition) is 1. The highest BCUT2D eigenvalue weighted by Crippen LogP contribution is 2.29. The van der Waals surface area contributed by atoms with Crippen LogP contribution in [0.5, 0.6) is 5.75 Å². The zero-order valence-corrected chi connectivity index (χ0v) is 14.7. The first kappa shape index (κ1) is 18.8. The third-order valence-corrected chi connectivity index (χ3v) is 4.15. The van der Waals surface area contributed by atoms with E-state index in [0.29, 0.717) is 17.4 Å². The largest absolute Gasteiger partial charge is 0.487 e. The maximum absolute atomic E-state index is 12.9. The number of ether oxygens (including phenoxy) is 1. The van der Waals surface area contributed by atoms with E-state index in [2.05, 4.69) is 9.88 Å². The summed E-state index contributed by atoms with van der Waals surface area (Å²) in [7, 11) is 0. The van der Waals surface area contributed by atoms with E-state index in [-0.39, 0.29) is 24.3 Å². The molecule has 1 aliphatic rings. The van der Waals surface area contributed by atoms with E-state index in [1.54, 1.807) is 24.4 Å². The molecule has 1 saturated heterocycles. The van der Waals surface area contributed by atoms with Crippen molar-refractivity contribution < 1.29 is 9.13 Å². The SMILES string of the molecule is Cl.NC1CCCN(c2ncc(OCc3ccc(F)cc3)cc2Cl)C1. The van der Waals surface area contributed by atoms with Crippen LogP contribution in [0.3, 0.4) is 0 Å². The van der Waals surface area contributed by atoms with Gasteiger partial charge in [-0.15, -0.1) is 12.4 Å². The van der Waals surface area contributed by atoms with E-state index in [1.807, 2.05) is 0 Å². The molecular weight excluding hydrogens is 352 g/mol. The molecule has 0 bridgehead atoms. The number of nitrogens with two attached hydrogens (primary N) is 1. The molecule has 24 heavy (non-hydrogen) atoms. The average Bonchev–Trinajstić information content (AvgIpc) is 2.54. The maximum atomic E-state index is 12.9. The van der Waals surface area contributed by atoms with Crippen molar-refractivity contribution in [2.45, 2.75) is 25.5 Å². The minimum absolute atomic E-state index is 0. The van der Waals surface area contributed by atoms with Crippen LogP contribution in [0.4, 0.5) is 10.2 Å². The summed E-state index contributed by atoms with van der Waals surface area (Å²) >= 11 is 6.34. The molecule has 1 aliphatic heterocycles. The first-order valence-corrected chi connectivity index (χ1v) is 8.03. The summed E-state index contributed by atoms with van der Waals surface area (Å²) in [4.78, 5) is 6.53. The van der Waals surface area contributed by atoms with Gasteiger partial charge in [-0.1, -0.05) is 23.7 Å². The molecule has 0 radical (unpaired) electrons. The van der Waals surface area contributed by atoms with Gasteiger partial charge in [0.1, 0.15) is 24.0 Å². The van der Waals surface area contributed by atoms with Gasteiger partial charge in [0.05, 0.1) is 11.2 Å². The molecule has 2 N–H and O–H groups in total. The van der Waals surface area contributed by atoms with Crippen LogP contribution in [0.2, 0.25) is 5.02 Å². The number of nitrogens with zero attached hydrogens (tertiary/aromatic N) is 2. The lowest BCUT2D eigenvalue weighted by atomic mass is 10.1. The minimum Gasteiger partial charge on any atom is -0.487 e. The minimum atomic E-state index is -0.262. The number of hydrogen-bond acceptors (Lipinski definition) is 4. The first-order chi connectivity index (χ1) is 11.1. The van der Waals surface area contributed by atoms with Gasteiger partial charge in [-0.25, -0.2) is 9.37 Å². The van der Waals surface area contributed by atoms with E-state index in [1.165, 1.54) is 12.1 Å². The van der Waals surface area contributed by atoms with Crippen molar-refractivity contribution in [3.05, 3.63) is 52.9 Å². The molecule has 2 heterocycles. The van der Waals surface area contributed by atoms with Gasteiger partial charge in [0.25, 0.3) is 0 Å². The fourth-order valence-electron chi connectivity index (χ4n) is 2.67. The lowest BCUT2D eigenvalue weighted by Crippen LogP contribution is -2.43. The molecule has 1 aromatic carbocycles. The van der Waals surface area contributed by atoms with Crippen LogP contribution >= 0.6 is 24.0 Å². The number of aromatic nitrogens is 1. The molecule has 0 amide bonds. The van der Waals surface area contributed by atoms with Gasteiger partial charge in [0.15, 0.2) is 0 Å². The van der Waals surface area contributed by atoms with E-state index < -0.39 is 0 Å². The predicted molar refractivity (Wildman–Crippen MR) is 96.6 cm³/mol. The second-order valence-corrected chi connectivity index (χ2v) is 6.15. The van der Waals surface area contributed by atoms with Crippen molar-refractivity contribution in [2.75, 3.05) is 18.0 Å². The predicted octanol–water partition coefficient (Wildman–Crippen LogP) is 3.80. The summed E-state index contributed by atoms with van der Waals surface area (Å²) in [5, 5.41) is 0.552. The van der Waals surface area contributed by atoms with E-state index in [0.717, 1.165) is 37.3 Å². The Kier molecular flexibility index (Phi) is 6.66. The second-order valence-electron chi connectivity index (χ2n) is 5.74. The Bertz CT molecular complexity index is 669. The second kappa shape index (κ2) is 8.51. The van der Waals surface area contributed by atoms with Gasteiger partial charge in [-0.2, -0.15) is 0 Å². The Morgan fingerprint density at radius 1 is 1.33 bits per heavy atom. The third kappa shape index (κ3) is 4.72. The number of anilines is 1. The van der Waals surface area contributed by atoms with E-state index >= 15 is 0 Å². The van der Waals surface area contributed by atoms with E-state index in [4.69, 9.17) is 22.1 Å². The molecule has 0 spiro atoms. The lowest BCUT2D eigenvalue weighted by Gasteiger charge is -2.32. The standard InChI is InChI=1S/C17H19ClFN3O.ClH/c18-16-8-15(23-11-12-3-5-13(19)6-4-12)9-21-17(16)22-7-1-2-14(20)10-22;/h3-6,8-9,14H,1-2,7,10-11,20H2;1H. The Labute approximate surface area is 152 Å². The Balaban J connectivity index is 0.00000208. The average molecular weight is 372 g/mol. The highest BCUT2D eigenvalue weighted by molar-refractivity contribution is 6.33. The molecule has 1 atom stereocenters. The molecule has 1 fully saturated rings. The fourth-order valence-corrected chi connectivity index (χ4v) is 2.95. The molecule has 4 nitrogen and oxygen atoms in total. The smallest absolute Gasteiger partial charge is 0.147 e. The van der Waals surface area contributed by atoms with Crippen LogP contribution in [0.1, 0.15) is 18.4 Å². The number of benzene rings is 1. The van der Waals surface area contributed by atoms with Crippen molar-refractivity contribution in [1.29, 1.82) is 0 Å². The molecule has 7 heteroatoms. The summed E-state index contributed by atoms with van der Waals surface area (Å²) in [5.74, 6) is 1.07. The van der Waals surface area contributed by atoms with Crippen molar-refractivity contribution in [3.63, 3.8) is 0 Å². The maximum Gasteiger partial charge on any atom is 0.147 e. The van der Waals surface area contributed by atoms with Crippen LogP contribution in [0.15, 0.2) is 36.5 Å². The molecule has 130 valence electrons. The normalized spacial score (nSPS) is 17.3.